The zero-order valence-corrected chi connectivity index (χ0v) is 16.2. The lowest BCUT2D eigenvalue weighted by Crippen LogP contribution is -2.48. The van der Waals surface area contributed by atoms with Crippen LogP contribution >= 0.6 is 0 Å². The molecular formula is C19H25NO6S. The normalized spacial score (nSPS) is 21.7. The molecule has 1 aliphatic carbocycles. The van der Waals surface area contributed by atoms with E-state index in [1.54, 1.807) is 29.2 Å². The topological polar surface area (TPSA) is 90.0 Å². The van der Waals surface area contributed by atoms with Crippen LogP contribution in [0.3, 0.4) is 0 Å². The maximum absolute atomic E-state index is 12.9. The van der Waals surface area contributed by atoms with Gasteiger partial charge in [-0.25, -0.2) is 13.2 Å². The van der Waals surface area contributed by atoms with E-state index in [1.165, 1.54) is 7.11 Å². The Hall–Kier alpha value is -2.09. The molecule has 0 spiro atoms. The molecule has 1 amide bonds. The fourth-order valence-electron chi connectivity index (χ4n) is 3.97. The summed E-state index contributed by atoms with van der Waals surface area (Å²) in [6.07, 6.45) is 4.34. The number of ether oxygens (including phenoxy) is 2. The van der Waals surface area contributed by atoms with Crippen LogP contribution in [-0.4, -0.2) is 62.5 Å². The Morgan fingerprint density at radius 1 is 1.11 bits per heavy atom. The predicted molar refractivity (Wildman–Crippen MR) is 99.4 cm³/mol. The van der Waals surface area contributed by atoms with Gasteiger partial charge < -0.3 is 14.4 Å². The monoisotopic (exact) mass is 395 g/mol. The van der Waals surface area contributed by atoms with E-state index in [-0.39, 0.29) is 47.4 Å². The molecule has 148 valence electrons. The van der Waals surface area contributed by atoms with Crippen LogP contribution in [0.4, 0.5) is 0 Å². The second kappa shape index (κ2) is 8.29. The van der Waals surface area contributed by atoms with Crippen molar-refractivity contribution in [1.29, 1.82) is 0 Å². The van der Waals surface area contributed by atoms with Gasteiger partial charge in [0.15, 0.2) is 16.4 Å². The molecule has 2 fully saturated rings. The highest BCUT2D eigenvalue weighted by molar-refractivity contribution is 7.91. The number of para-hydroxylation sites is 1. The number of hydrogen-bond donors (Lipinski definition) is 0. The molecule has 3 rings (SSSR count). The number of hydrogen-bond acceptors (Lipinski definition) is 6. The molecule has 1 aliphatic heterocycles. The summed E-state index contributed by atoms with van der Waals surface area (Å²) in [5.41, 5.74) is 0.253. The summed E-state index contributed by atoms with van der Waals surface area (Å²) >= 11 is 0. The van der Waals surface area contributed by atoms with Gasteiger partial charge in [-0.2, -0.15) is 0 Å². The molecule has 1 heterocycles. The van der Waals surface area contributed by atoms with Crippen molar-refractivity contribution in [3.63, 3.8) is 0 Å². The average molecular weight is 395 g/mol. The van der Waals surface area contributed by atoms with Gasteiger partial charge in [-0.1, -0.05) is 25.0 Å². The van der Waals surface area contributed by atoms with Crippen LogP contribution in [0.25, 0.3) is 0 Å². The number of benzene rings is 1. The largest absolute Gasteiger partial charge is 0.483 e. The van der Waals surface area contributed by atoms with Crippen LogP contribution in [-0.2, 0) is 19.4 Å². The van der Waals surface area contributed by atoms with E-state index >= 15 is 0 Å². The fraction of sp³-hybridized carbons (Fsp3) is 0.579. The van der Waals surface area contributed by atoms with Crippen molar-refractivity contribution in [1.82, 2.24) is 4.90 Å². The number of sulfone groups is 1. The lowest BCUT2D eigenvalue weighted by Gasteiger charge is -2.34. The summed E-state index contributed by atoms with van der Waals surface area (Å²) in [6.45, 7) is -0.235. The van der Waals surface area contributed by atoms with E-state index in [9.17, 15) is 18.0 Å². The summed E-state index contributed by atoms with van der Waals surface area (Å²) in [4.78, 5) is 26.5. The summed E-state index contributed by atoms with van der Waals surface area (Å²) < 4.78 is 34.2. The number of amides is 1. The van der Waals surface area contributed by atoms with Crippen molar-refractivity contribution in [3.8, 4) is 5.75 Å². The number of nitrogens with zero attached hydrogens (tertiary/aromatic N) is 1. The van der Waals surface area contributed by atoms with E-state index in [0.29, 0.717) is 6.42 Å². The number of rotatable bonds is 6. The second-order valence-electron chi connectivity index (χ2n) is 7.07. The Bertz CT molecular complexity index is 800. The van der Waals surface area contributed by atoms with E-state index in [1.807, 2.05) is 0 Å². The molecule has 1 saturated heterocycles. The molecule has 7 nitrogen and oxygen atoms in total. The fourth-order valence-corrected chi connectivity index (χ4v) is 5.68. The standard InChI is InChI=1S/C19H25NO6S/c1-25-19(22)16-8-4-5-9-17(16)26-12-18(21)20(14-6-2-3-7-14)15-10-11-27(23,24)13-15/h4-5,8-9,14-15H,2-3,6-7,10-13H2,1H3/t15-/m1/s1. The highest BCUT2D eigenvalue weighted by Gasteiger charge is 2.39. The van der Waals surface area contributed by atoms with E-state index in [0.717, 1.165) is 25.7 Å². The van der Waals surface area contributed by atoms with Crippen LogP contribution in [0, 0.1) is 0 Å². The number of esters is 1. The molecule has 0 bridgehead atoms. The molecule has 1 atom stereocenters. The van der Waals surface area contributed by atoms with Crippen LogP contribution in [0.5, 0.6) is 5.75 Å². The molecule has 0 aromatic heterocycles. The molecule has 1 aromatic carbocycles. The van der Waals surface area contributed by atoms with E-state index in [4.69, 9.17) is 9.47 Å². The van der Waals surface area contributed by atoms with Gasteiger partial charge >= 0.3 is 5.97 Å². The van der Waals surface area contributed by atoms with Crippen LogP contribution < -0.4 is 4.74 Å². The first kappa shape index (κ1) is 19.7. The maximum Gasteiger partial charge on any atom is 0.341 e. The zero-order chi connectivity index (χ0) is 19.4. The van der Waals surface area contributed by atoms with Crippen LogP contribution in [0.1, 0.15) is 42.5 Å². The molecule has 27 heavy (non-hydrogen) atoms. The van der Waals surface area contributed by atoms with Crippen molar-refractivity contribution in [2.75, 3.05) is 25.2 Å². The Morgan fingerprint density at radius 2 is 1.81 bits per heavy atom. The lowest BCUT2D eigenvalue weighted by atomic mass is 10.1. The smallest absolute Gasteiger partial charge is 0.341 e. The van der Waals surface area contributed by atoms with Gasteiger partial charge in [0.1, 0.15) is 11.3 Å². The average Bonchev–Trinajstić information content (AvgIpc) is 3.30. The number of carbonyl (C=O) groups excluding carboxylic acids is 2. The SMILES string of the molecule is COC(=O)c1ccccc1OCC(=O)N(C1CCCC1)[C@@H]1CCS(=O)(=O)C1. The van der Waals surface area contributed by atoms with E-state index < -0.39 is 15.8 Å². The molecule has 1 saturated carbocycles. The van der Waals surface area contributed by atoms with Crippen molar-refractivity contribution >= 4 is 21.7 Å². The Labute approximate surface area is 159 Å². The van der Waals surface area contributed by atoms with Crippen molar-refractivity contribution < 1.29 is 27.5 Å². The maximum atomic E-state index is 12.9. The quantitative estimate of drug-likeness (QED) is 0.683. The minimum atomic E-state index is -3.09. The third kappa shape index (κ3) is 4.61. The minimum absolute atomic E-state index is 0.0218. The first-order chi connectivity index (χ1) is 12.9. The van der Waals surface area contributed by atoms with E-state index in [2.05, 4.69) is 0 Å². The van der Waals surface area contributed by atoms with Gasteiger partial charge in [-0.05, 0) is 31.4 Å². The molecular weight excluding hydrogens is 370 g/mol. The number of carbonyl (C=O) groups is 2. The van der Waals surface area contributed by atoms with Crippen molar-refractivity contribution in [2.45, 2.75) is 44.2 Å². The van der Waals surface area contributed by atoms with Gasteiger partial charge in [-0.3, -0.25) is 4.79 Å². The zero-order valence-electron chi connectivity index (χ0n) is 15.4. The molecule has 8 heteroatoms. The van der Waals surface area contributed by atoms with Gasteiger partial charge in [-0.15, -0.1) is 0 Å². The van der Waals surface area contributed by atoms with Crippen LogP contribution in [0.15, 0.2) is 24.3 Å². The molecule has 2 aliphatic rings. The predicted octanol–water partition coefficient (Wildman–Crippen LogP) is 1.81. The second-order valence-corrected chi connectivity index (χ2v) is 9.30. The first-order valence-corrected chi connectivity index (χ1v) is 11.0. The van der Waals surface area contributed by atoms with Crippen molar-refractivity contribution in [2.24, 2.45) is 0 Å². The summed E-state index contributed by atoms with van der Waals surface area (Å²) in [6, 6.07) is 6.36. The summed E-state index contributed by atoms with van der Waals surface area (Å²) in [5.74, 6) is -0.340. The van der Waals surface area contributed by atoms with Crippen LogP contribution in [0.2, 0.25) is 0 Å². The Balaban J connectivity index is 1.73. The third-order valence-electron chi connectivity index (χ3n) is 5.25. The van der Waals surface area contributed by atoms with Crippen molar-refractivity contribution in [3.05, 3.63) is 29.8 Å². The lowest BCUT2D eigenvalue weighted by molar-refractivity contribution is -0.137. The van der Waals surface area contributed by atoms with Gasteiger partial charge in [0.25, 0.3) is 5.91 Å². The molecule has 0 radical (unpaired) electrons. The Kier molecular flexibility index (Phi) is 6.04. The minimum Gasteiger partial charge on any atom is -0.483 e. The van der Waals surface area contributed by atoms with Gasteiger partial charge in [0.05, 0.1) is 18.6 Å². The number of methoxy groups -OCH3 is 1. The highest BCUT2D eigenvalue weighted by Crippen LogP contribution is 2.29. The summed E-state index contributed by atoms with van der Waals surface area (Å²) in [5, 5.41) is 0. The highest BCUT2D eigenvalue weighted by atomic mass is 32.2. The molecule has 1 aromatic rings. The Morgan fingerprint density at radius 3 is 2.44 bits per heavy atom. The summed E-state index contributed by atoms with van der Waals surface area (Å²) in [7, 11) is -1.80. The van der Waals surface area contributed by atoms with Gasteiger partial charge in [0.2, 0.25) is 0 Å². The van der Waals surface area contributed by atoms with Gasteiger partial charge in [0, 0.05) is 12.1 Å². The molecule has 0 unspecified atom stereocenters. The molecule has 0 N–H and O–H groups in total. The first-order valence-electron chi connectivity index (χ1n) is 9.23. The third-order valence-corrected chi connectivity index (χ3v) is 7.00.